The molecule has 32 heavy (non-hydrogen) atoms. The largest absolute Gasteiger partial charge is 0.379 e. The summed E-state index contributed by atoms with van der Waals surface area (Å²) in [6.07, 6.45) is 8.44. The Hall–Kier alpha value is -1.22. The lowest BCUT2D eigenvalue weighted by molar-refractivity contribution is 0.0435. The fourth-order valence-electron chi connectivity index (χ4n) is 5.33. The molecule has 5 nitrogen and oxygen atoms in total. The van der Waals surface area contributed by atoms with E-state index < -0.39 is 10.0 Å². The summed E-state index contributed by atoms with van der Waals surface area (Å²) in [6.45, 7) is 4.57. The van der Waals surface area contributed by atoms with Gasteiger partial charge >= 0.3 is 0 Å². The molecule has 2 aliphatic carbocycles. The lowest BCUT2D eigenvalue weighted by atomic mass is 9.92. The second-order valence-corrected chi connectivity index (χ2v) is 12.7. The number of ether oxygens (including phenoxy) is 1. The summed E-state index contributed by atoms with van der Waals surface area (Å²) in [5.74, 6) is 0.674. The quantitative estimate of drug-likeness (QED) is 0.656. The standard InChI is InChI=1S/C24H29ClN2O3S2/c25-22-7-8-23(31-22)32(28,29)26-24-19-5-6-20(24)16-21-14-17(3-4-18(21)15-19)2-1-9-27-10-12-30-13-11-27/h1-4,7-8,14,19-20,24,26H,5-6,9-13,15-16H2/b2-1+/t19?,20-,24-/m0/s1. The van der Waals surface area contributed by atoms with Gasteiger partial charge in [-0.3, -0.25) is 4.90 Å². The minimum absolute atomic E-state index is 0.0198. The highest BCUT2D eigenvalue weighted by Crippen LogP contribution is 2.41. The first-order chi connectivity index (χ1) is 15.5. The van der Waals surface area contributed by atoms with Gasteiger partial charge in [-0.25, -0.2) is 13.1 Å². The van der Waals surface area contributed by atoms with E-state index in [1.165, 1.54) is 16.7 Å². The van der Waals surface area contributed by atoms with Gasteiger partial charge in [0.25, 0.3) is 0 Å². The molecule has 2 fully saturated rings. The van der Waals surface area contributed by atoms with E-state index in [0.29, 0.717) is 20.4 Å². The molecule has 1 aromatic heterocycles. The van der Waals surface area contributed by atoms with Crippen LogP contribution >= 0.6 is 22.9 Å². The molecule has 3 aliphatic rings. The van der Waals surface area contributed by atoms with Gasteiger partial charge in [-0.05, 0) is 66.3 Å². The highest BCUT2D eigenvalue weighted by molar-refractivity contribution is 7.91. The van der Waals surface area contributed by atoms with Crippen molar-refractivity contribution < 1.29 is 13.2 Å². The number of hydrogen-bond acceptors (Lipinski definition) is 5. The number of nitrogens with one attached hydrogen (secondary N) is 1. The van der Waals surface area contributed by atoms with Gasteiger partial charge in [0.1, 0.15) is 4.21 Å². The number of benzene rings is 1. The molecule has 3 atom stereocenters. The summed E-state index contributed by atoms with van der Waals surface area (Å²) >= 11 is 7.09. The normalized spacial score (nSPS) is 26.3. The smallest absolute Gasteiger partial charge is 0.250 e. The third-order valence-corrected chi connectivity index (χ3v) is 10.2. The number of sulfonamides is 1. The fraction of sp³-hybridized carbons (Fsp3) is 0.500. The second kappa shape index (κ2) is 9.57. The first-order valence-electron chi connectivity index (χ1n) is 11.3. The van der Waals surface area contributed by atoms with Crippen LogP contribution in [-0.2, 0) is 27.6 Å². The van der Waals surface area contributed by atoms with E-state index in [0.717, 1.165) is 69.9 Å². The highest BCUT2D eigenvalue weighted by atomic mass is 35.5. The first-order valence-corrected chi connectivity index (χ1v) is 14.0. The topological polar surface area (TPSA) is 58.6 Å². The predicted octanol–water partition coefficient (Wildman–Crippen LogP) is 4.22. The van der Waals surface area contributed by atoms with Gasteiger partial charge in [0.05, 0.1) is 17.6 Å². The third kappa shape index (κ3) is 4.98. The van der Waals surface area contributed by atoms with Crippen LogP contribution in [0.3, 0.4) is 0 Å². The molecule has 1 N–H and O–H groups in total. The van der Waals surface area contributed by atoms with Crippen LogP contribution in [0.5, 0.6) is 0 Å². The Morgan fingerprint density at radius 2 is 1.84 bits per heavy atom. The van der Waals surface area contributed by atoms with Crippen LogP contribution in [0.25, 0.3) is 6.08 Å². The van der Waals surface area contributed by atoms with E-state index in [1.807, 2.05) is 0 Å². The average molecular weight is 493 g/mol. The molecule has 8 heteroatoms. The fourth-order valence-corrected chi connectivity index (χ4v) is 8.20. The van der Waals surface area contributed by atoms with Crippen LogP contribution in [0.15, 0.2) is 40.6 Å². The van der Waals surface area contributed by atoms with Crippen LogP contribution in [0, 0.1) is 11.8 Å². The number of fused-ring (bicyclic) bond motifs is 3. The molecule has 2 heterocycles. The molecule has 1 unspecified atom stereocenters. The molecule has 1 aromatic carbocycles. The van der Waals surface area contributed by atoms with Crippen molar-refractivity contribution in [1.29, 1.82) is 0 Å². The van der Waals surface area contributed by atoms with Crippen LogP contribution in [0.4, 0.5) is 0 Å². The maximum atomic E-state index is 12.9. The van der Waals surface area contributed by atoms with Gasteiger partial charge in [0, 0.05) is 25.7 Å². The highest BCUT2D eigenvalue weighted by Gasteiger charge is 2.41. The van der Waals surface area contributed by atoms with Gasteiger partial charge in [-0.15, -0.1) is 11.3 Å². The van der Waals surface area contributed by atoms with Crippen LogP contribution in [0.2, 0.25) is 4.34 Å². The number of thiophene rings is 1. The molecule has 1 saturated heterocycles. The molecule has 0 spiro atoms. The maximum Gasteiger partial charge on any atom is 0.250 e. The van der Waals surface area contributed by atoms with Gasteiger partial charge in [-0.2, -0.15) is 0 Å². The van der Waals surface area contributed by atoms with E-state index in [2.05, 4.69) is 40.0 Å². The summed E-state index contributed by atoms with van der Waals surface area (Å²) in [5.41, 5.74) is 3.96. The molecule has 1 saturated carbocycles. The summed E-state index contributed by atoms with van der Waals surface area (Å²) in [5, 5.41) is 0. The number of rotatable bonds is 6. The van der Waals surface area contributed by atoms with E-state index in [1.54, 1.807) is 12.1 Å². The minimum atomic E-state index is -3.54. The minimum Gasteiger partial charge on any atom is -0.379 e. The Labute approximate surface area is 199 Å². The SMILES string of the molecule is O=S(=O)(N[C@H]1C2CC[C@H]1Cc1cc(/C=C/CN3CCOCC3)ccc1C2)c1ccc(Cl)s1. The summed E-state index contributed by atoms with van der Waals surface area (Å²) in [6, 6.07) is 9.96. The zero-order valence-electron chi connectivity index (χ0n) is 18.0. The molecular weight excluding hydrogens is 464 g/mol. The van der Waals surface area contributed by atoms with Crippen molar-refractivity contribution in [3.63, 3.8) is 0 Å². The molecule has 5 rings (SSSR count). The van der Waals surface area contributed by atoms with Crippen molar-refractivity contribution in [3.05, 3.63) is 57.4 Å². The molecule has 1 aliphatic heterocycles. The van der Waals surface area contributed by atoms with Gasteiger partial charge in [0.15, 0.2) is 0 Å². The molecule has 0 radical (unpaired) electrons. The molecule has 2 bridgehead atoms. The molecule has 2 aromatic rings. The molecule has 172 valence electrons. The van der Waals surface area contributed by atoms with Gasteiger partial charge in [-0.1, -0.05) is 42.0 Å². The van der Waals surface area contributed by atoms with Crippen LogP contribution in [0.1, 0.15) is 29.5 Å². The average Bonchev–Trinajstić information content (AvgIpc) is 3.33. The van der Waals surface area contributed by atoms with Crippen LogP contribution < -0.4 is 4.72 Å². The van der Waals surface area contributed by atoms with Gasteiger partial charge < -0.3 is 4.74 Å². The van der Waals surface area contributed by atoms with Crippen molar-refractivity contribution in [2.24, 2.45) is 11.8 Å². The Morgan fingerprint density at radius 1 is 1.09 bits per heavy atom. The Balaban J connectivity index is 1.28. The summed E-state index contributed by atoms with van der Waals surface area (Å²) in [4.78, 5) is 2.40. The lowest BCUT2D eigenvalue weighted by Gasteiger charge is -2.25. The zero-order chi connectivity index (χ0) is 22.1. The second-order valence-electron chi connectivity index (χ2n) is 9.05. The van der Waals surface area contributed by atoms with Gasteiger partial charge in [0.2, 0.25) is 10.0 Å². The predicted molar refractivity (Wildman–Crippen MR) is 130 cm³/mol. The van der Waals surface area contributed by atoms with Crippen LogP contribution in [-0.4, -0.2) is 52.2 Å². The van der Waals surface area contributed by atoms with E-state index >= 15 is 0 Å². The van der Waals surface area contributed by atoms with Crippen molar-refractivity contribution >= 4 is 39.0 Å². The van der Waals surface area contributed by atoms with Crippen molar-refractivity contribution in [1.82, 2.24) is 9.62 Å². The van der Waals surface area contributed by atoms with E-state index in [9.17, 15) is 8.42 Å². The summed E-state index contributed by atoms with van der Waals surface area (Å²) in [7, 11) is -3.54. The maximum absolute atomic E-state index is 12.9. The van der Waals surface area contributed by atoms with E-state index in [-0.39, 0.29) is 6.04 Å². The van der Waals surface area contributed by atoms with Crippen molar-refractivity contribution in [2.45, 2.75) is 35.9 Å². The number of halogens is 1. The Morgan fingerprint density at radius 3 is 2.56 bits per heavy atom. The molecular formula is C24H29ClN2O3S2. The monoisotopic (exact) mass is 492 g/mol. The summed E-state index contributed by atoms with van der Waals surface area (Å²) < 4.78 is 35.1. The Bertz CT molecular complexity index is 1090. The zero-order valence-corrected chi connectivity index (χ0v) is 20.4. The van der Waals surface area contributed by atoms with Crippen molar-refractivity contribution in [3.8, 4) is 0 Å². The number of morpholine rings is 1. The van der Waals surface area contributed by atoms with Crippen molar-refractivity contribution in [2.75, 3.05) is 32.8 Å². The number of hydrogen-bond donors (Lipinski definition) is 1. The number of nitrogens with zero attached hydrogens (tertiary/aromatic N) is 1. The molecule has 0 amide bonds. The van der Waals surface area contributed by atoms with E-state index in [4.69, 9.17) is 16.3 Å². The third-order valence-electron chi connectivity index (χ3n) is 7.00. The first kappa shape index (κ1) is 22.6. The Kier molecular flexibility index (Phi) is 6.75. The lowest BCUT2D eigenvalue weighted by Crippen LogP contribution is -2.41.